The second-order valence-corrected chi connectivity index (χ2v) is 18.0. The molecule has 1 aliphatic heterocycles. The van der Waals surface area contributed by atoms with E-state index in [0.717, 1.165) is 49.7 Å². The average Bonchev–Trinajstić information content (AvgIpc) is 2.83. The number of rotatable bonds is 12. The maximum Gasteiger partial charge on any atom is 0.218 e. The number of allylic oxidation sites excluding steroid dienone is 8. The van der Waals surface area contributed by atoms with Crippen LogP contribution in [-0.4, -0.2) is 5.78 Å². The van der Waals surface area contributed by atoms with Crippen molar-refractivity contribution in [2.75, 3.05) is 0 Å². The summed E-state index contributed by atoms with van der Waals surface area (Å²) >= 11 is 3.75. The molecular weight excluding hydrogens is 553 g/mol. The molecule has 0 aromatic carbocycles. The van der Waals surface area contributed by atoms with Crippen LogP contribution in [0.2, 0.25) is 0 Å². The smallest absolute Gasteiger partial charge is 0.218 e. The Kier molecular flexibility index (Phi) is 12.1. The number of thioether (sulfide) groups is 1. The fourth-order valence-corrected chi connectivity index (χ4v) is 8.27. The van der Waals surface area contributed by atoms with Gasteiger partial charge in [-0.3, -0.25) is 4.79 Å². The van der Waals surface area contributed by atoms with Crippen molar-refractivity contribution in [2.24, 2.45) is 22.7 Å². The first kappa shape index (κ1) is 34.6. The molecule has 2 nitrogen and oxygen atoms in total. The van der Waals surface area contributed by atoms with E-state index in [1.807, 2.05) is 35.3 Å². The topological polar surface area (TPSA) is 40.1 Å². The number of aryl methyl sites for hydroxylation is 1. The Balaban J connectivity index is 1.91. The molecule has 0 radical (unpaired) electrons. The third-order valence-electron chi connectivity index (χ3n) is 7.25. The molecule has 0 bridgehead atoms. The standard InChI is InChI=1S/C38H54O2S2/c1-25(2)13-11-15-29-17-27(19-31(41-29)23-37(5,6)7)21-33-35(39)34(36(33)40)22-28-18-30(16-12-14-26(3)4)42-32(20-28)24-38(8,9)10/h17-22,25-26H,11-16,23-24H2,1-10H3. The number of carbonyl (C=O) groups excluding carboxylic acids is 1. The van der Waals surface area contributed by atoms with Crippen molar-refractivity contribution in [1.29, 1.82) is 0 Å². The molecule has 0 N–H and O–H groups in total. The fraction of sp³-hybridized carbons (Fsp3) is 0.579. The van der Waals surface area contributed by atoms with Crippen molar-refractivity contribution in [3.05, 3.63) is 78.0 Å². The highest BCUT2D eigenvalue weighted by Gasteiger charge is 2.28. The largest absolute Gasteiger partial charge is 0.871 e. The molecule has 3 rings (SSSR count). The van der Waals surface area contributed by atoms with Crippen molar-refractivity contribution in [2.45, 2.75) is 121 Å². The molecule has 2 heterocycles. The Labute approximate surface area is 265 Å². The van der Waals surface area contributed by atoms with Gasteiger partial charge in [0.1, 0.15) is 0 Å². The van der Waals surface area contributed by atoms with Gasteiger partial charge in [-0.15, -0.1) is 0 Å². The zero-order valence-electron chi connectivity index (χ0n) is 27.9. The molecule has 1 aromatic rings. The first-order valence-corrected chi connectivity index (χ1v) is 17.6. The van der Waals surface area contributed by atoms with Crippen molar-refractivity contribution in [3.63, 3.8) is 0 Å². The molecule has 42 heavy (non-hydrogen) atoms. The van der Waals surface area contributed by atoms with Crippen molar-refractivity contribution < 1.29 is 9.90 Å². The van der Waals surface area contributed by atoms with Gasteiger partial charge in [0.2, 0.25) is 21.1 Å². The Morgan fingerprint density at radius 2 is 1.38 bits per heavy atom. The quantitative estimate of drug-likeness (QED) is 0.175. The van der Waals surface area contributed by atoms with Crippen molar-refractivity contribution in [3.8, 4) is 0 Å². The maximum absolute atomic E-state index is 13.3. The molecule has 1 aromatic heterocycles. The van der Waals surface area contributed by atoms with Crippen LogP contribution < -0.4 is 5.11 Å². The van der Waals surface area contributed by atoms with Crippen molar-refractivity contribution >= 4 is 35.0 Å². The minimum absolute atomic E-state index is 0.127. The van der Waals surface area contributed by atoms with Gasteiger partial charge in [0.05, 0.1) is 0 Å². The van der Waals surface area contributed by atoms with Crippen LogP contribution in [0.1, 0.15) is 123 Å². The molecule has 0 saturated carbocycles. The molecule has 0 spiro atoms. The molecule has 1 aliphatic carbocycles. The van der Waals surface area contributed by atoms with Gasteiger partial charge in [-0.25, -0.2) is 0 Å². The summed E-state index contributed by atoms with van der Waals surface area (Å²) in [5.41, 5.74) is 2.93. The first-order chi connectivity index (χ1) is 19.5. The van der Waals surface area contributed by atoms with E-state index in [-0.39, 0.29) is 22.4 Å². The molecule has 4 heteroatoms. The molecular formula is C38H54O2S2. The number of Topliss-reactive ketones (excluding diaryl/α,β-unsaturated/α-hetero) is 1. The molecule has 0 unspecified atom stereocenters. The lowest BCUT2D eigenvalue weighted by atomic mass is 9.85. The predicted molar refractivity (Wildman–Crippen MR) is 184 cm³/mol. The maximum atomic E-state index is 13.3. The summed E-state index contributed by atoms with van der Waals surface area (Å²) in [7, 11) is 0. The van der Waals surface area contributed by atoms with E-state index in [1.54, 1.807) is 0 Å². The van der Waals surface area contributed by atoms with Crippen LogP contribution in [0.5, 0.6) is 0 Å². The van der Waals surface area contributed by atoms with Crippen LogP contribution in [0.3, 0.4) is 0 Å². The summed E-state index contributed by atoms with van der Waals surface area (Å²) in [5.74, 6) is 1.13. The molecule has 2 aliphatic rings. The number of hydrogen-bond donors (Lipinski definition) is 0. The van der Waals surface area contributed by atoms with E-state index in [9.17, 15) is 9.90 Å². The first-order valence-electron chi connectivity index (χ1n) is 15.9. The van der Waals surface area contributed by atoms with E-state index in [2.05, 4.69) is 93.5 Å². The number of carbonyl (C=O) groups is 1. The third-order valence-corrected chi connectivity index (χ3v) is 9.47. The van der Waals surface area contributed by atoms with Gasteiger partial charge in [-0.05, 0) is 93.6 Å². The Morgan fingerprint density at radius 3 is 1.95 bits per heavy atom. The van der Waals surface area contributed by atoms with Crippen LogP contribution in [0.15, 0.2) is 62.6 Å². The highest BCUT2D eigenvalue weighted by atomic mass is 32.2. The second kappa shape index (κ2) is 14.7. The summed E-state index contributed by atoms with van der Waals surface area (Å²) in [4.78, 5) is 18.6. The second-order valence-electron chi connectivity index (χ2n) is 15.5. The molecule has 0 atom stereocenters. The van der Waals surface area contributed by atoms with Gasteiger partial charge in [-0.2, -0.15) is 0 Å². The van der Waals surface area contributed by atoms with E-state index in [4.69, 9.17) is 0 Å². The lowest BCUT2D eigenvalue weighted by Gasteiger charge is -2.29. The Morgan fingerprint density at radius 1 is 0.810 bits per heavy atom. The van der Waals surface area contributed by atoms with Crippen LogP contribution in [0.4, 0.5) is 0 Å². The van der Waals surface area contributed by atoms with Crippen LogP contribution in [0, 0.1) is 22.7 Å². The summed E-state index contributed by atoms with van der Waals surface area (Å²) in [6, 6.07) is 4.37. The summed E-state index contributed by atoms with van der Waals surface area (Å²) in [6.45, 7) is 22.6. The van der Waals surface area contributed by atoms with E-state index >= 15 is 0 Å². The molecule has 0 fully saturated rings. The summed E-state index contributed by atoms with van der Waals surface area (Å²) in [6.07, 6.45) is 16.8. The normalized spacial score (nSPS) is 18.3. The zero-order chi connectivity index (χ0) is 31.2. The van der Waals surface area contributed by atoms with E-state index in [1.165, 1.54) is 32.4 Å². The number of hydrogen-bond acceptors (Lipinski definition) is 3. The SMILES string of the molecule is CC(C)CCCC1=CC(=CC2=C([O-])C(=Cc3cc(CCCC(C)C)[s+]c(CC(C)(C)C)c3)C2=O)C=C(CC(C)(C)C)S1. The van der Waals surface area contributed by atoms with Gasteiger partial charge in [0.25, 0.3) is 0 Å². The van der Waals surface area contributed by atoms with E-state index in [0.29, 0.717) is 23.0 Å². The van der Waals surface area contributed by atoms with Gasteiger partial charge >= 0.3 is 0 Å². The number of ketones is 1. The van der Waals surface area contributed by atoms with Crippen LogP contribution in [-0.2, 0) is 17.6 Å². The van der Waals surface area contributed by atoms with Gasteiger partial charge in [-0.1, -0.05) is 99.6 Å². The zero-order valence-corrected chi connectivity index (χ0v) is 29.5. The van der Waals surface area contributed by atoms with E-state index < -0.39 is 0 Å². The molecule has 230 valence electrons. The Bertz CT molecular complexity index is 1290. The molecule has 0 saturated heterocycles. The minimum atomic E-state index is -0.127. The highest BCUT2D eigenvalue weighted by Crippen LogP contribution is 2.42. The lowest BCUT2D eigenvalue weighted by molar-refractivity contribution is -0.300. The highest BCUT2D eigenvalue weighted by molar-refractivity contribution is 8.06. The predicted octanol–water partition coefficient (Wildman–Crippen LogP) is 10.9. The summed E-state index contributed by atoms with van der Waals surface area (Å²) in [5, 5.41) is 13.3. The summed E-state index contributed by atoms with van der Waals surface area (Å²) < 4.78 is 0. The van der Waals surface area contributed by atoms with Crippen molar-refractivity contribution in [1.82, 2.24) is 0 Å². The average molecular weight is 607 g/mol. The minimum Gasteiger partial charge on any atom is -0.871 e. The van der Waals surface area contributed by atoms with Gasteiger partial charge in [0, 0.05) is 36.1 Å². The molecule has 0 amide bonds. The lowest BCUT2D eigenvalue weighted by Crippen LogP contribution is -2.29. The Hall–Kier alpha value is -1.91. The fourth-order valence-electron chi connectivity index (χ4n) is 5.31. The van der Waals surface area contributed by atoms with Gasteiger partial charge < -0.3 is 5.11 Å². The third kappa shape index (κ3) is 11.3. The van der Waals surface area contributed by atoms with Crippen LogP contribution in [0.25, 0.3) is 6.08 Å². The van der Waals surface area contributed by atoms with Crippen LogP contribution >= 0.6 is 23.1 Å². The monoisotopic (exact) mass is 606 g/mol. The van der Waals surface area contributed by atoms with Gasteiger partial charge in [0.15, 0.2) is 5.78 Å².